The number of piperidine rings is 1. The molecular formula is C12H14FN. The number of nitrogens with one attached hydrogen (secondary N) is 1. The van der Waals surface area contributed by atoms with Crippen LogP contribution in [0.5, 0.6) is 0 Å². The molecule has 2 aliphatic rings. The molecule has 0 radical (unpaired) electrons. The van der Waals surface area contributed by atoms with Crippen LogP contribution in [0, 0.1) is 11.7 Å². The van der Waals surface area contributed by atoms with E-state index in [9.17, 15) is 4.39 Å². The van der Waals surface area contributed by atoms with Gasteiger partial charge in [-0.25, -0.2) is 4.39 Å². The van der Waals surface area contributed by atoms with Crippen molar-refractivity contribution >= 4 is 0 Å². The molecule has 1 aromatic rings. The number of rotatable bonds is 1. The standard InChI is InChI=1S/C12H14FN/c13-11-3-1-9(2-4-11)12-5-6-14-8-10(12)7-12/h1-4,10,14H,5-8H2/t10-,12-/m0/s1. The summed E-state index contributed by atoms with van der Waals surface area (Å²) >= 11 is 0. The van der Waals surface area contributed by atoms with E-state index in [2.05, 4.69) is 5.32 Å². The Morgan fingerprint density at radius 3 is 2.79 bits per heavy atom. The zero-order valence-corrected chi connectivity index (χ0v) is 8.09. The summed E-state index contributed by atoms with van der Waals surface area (Å²) < 4.78 is 12.8. The second-order valence-electron chi connectivity index (χ2n) is 4.52. The van der Waals surface area contributed by atoms with E-state index >= 15 is 0 Å². The first-order chi connectivity index (χ1) is 6.81. The molecule has 0 bridgehead atoms. The predicted octanol–water partition coefficient (Wildman–Crippen LogP) is 2.08. The first kappa shape index (κ1) is 8.42. The van der Waals surface area contributed by atoms with E-state index in [4.69, 9.17) is 0 Å². The van der Waals surface area contributed by atoms with Crippen LogP contribution in [0.1, 0.15) is 18.4 Å². The smallest absolute Gasteiger partial charge is 0.123 e. The van der Waals surface area contributed by atoms with Gasteiger partial charge >= 0.3 is 0 Å². The normalized spacial score (nSPS) is 35.1. The van der Waals surface area contributed by atoms with Gasteiger partial charge in [-0.15, -0.1) is 0 Å². The first-order valence-corrected chi connectivity index (χ1v) is 5.28. The lowest BCUT2D eigenvalue weighted by atomic mass is 9.88. The SMILES string of the molecule is Fc1ccc([C@@]23CCNC[C@@H]2C3)cc1. The van der Waals surface area contributed by atoms with Gasteiger partial charge in [0.1, 0.15) is 5.82 Å². The van der Waals surface area contributed by atoms with Crippen LogP contribution in [-0.2, 0) is 5.41 Å². The van der Waals surface area contributed by atoms with Gasteiger partial charge < -0.3 is 5.32 Å². The molecule has 2 heteroatoms. The third-order valence-corrected chi connectivity index (χ3v) is 3.79. The Labute approximate surface area is 83.3 Å². The van der Waals surface area contributed by atoms with E-state index in [1.807, 2.05) is 12.1 Å². The average Bonchev–Trinajstić information content (AvgIpc) is 2.94. The van der Waals surface area contributed by atoms with Crippen molar-refractivity contribution < 1.29 is 4.39 Å². The predicted molar refractivity (Wildman–Crippen MR) is 53.7 cm³/mol. The van der Waals surface area contributed by atoms with Crippen LogP contribution in [-0.4, -0.2) is 13.1 Å². The van der Waals surface area contributed by atoms with Gasteiger partial charge in [-0.05, 0) is 49.5 Å². The molecule has 1 N–H and O–H groups in total. The molecule has 14 heavy (non-hydrogen) atoms. The Bertz CT molecular complexity index is 346. The second-order valence-corrected chi connectivity index (χ2v) is 4.52. The molecule has 0 aromatic heterocycles. The van der Waals surface area contributed by atoms with Crippen molar-refractivity contribution in [3.8, 4) is 0 Å². The van der Waals surface area contributed by atoms with Crippen molar-refractivity contribution in [3.63, 3.8) is 0 Å². The molecule has 0 amide bonds. The Kier molecular flexibility index (Phi) is 1.68. The van der Waals surface area contributed by atoms with Gasteiger partial charge in [-0.2, -0.15) is 0 Å². The Morgan fingerprint density at radius 1 is 1.29 bits per heavy atom. The zero-order chi connectivity index (χ0) is 9.60. The van der Waals surface area contributed by atoms with E-state index < -0.39 is 0 Å². The lowest BCUT2D eigenvalue weighted by Crippen LogP contribution is -2.31. The lowest BCUT2D eigenvalue weighted by molar-refractivity contribution is 0.445. The quantitative estimate of drug-likeness (QED) is 0.716. The zero-order valence-electron chi connectivity index (χ0n) is 8.09. The summed E-state index contributed by atoms with van der Waals surface area (Å²) in [5, 5.41) is 3.41. The fourth-order valence-electron chi connectivity index (χ4n) is 2.82. The Balaban J connectivity index is 1.92. The van der Waals surface area contributed by atoms with Crippen LogP contribution in [0.15, 0.2) is 24.3 Å². The van der Waals surface area contributed by atoms with Crippen molar-refractivity contribution in [1.82, 2.24) is 5.32 Å². The third-order valence-electron chi connectivity index (χ3n) is 3.79. The highest BCUT2D eigenvalue weighted by Gasteiger charge is 2.55. The van der Waals surface area contributed by atoms with Crippen LogP contribution in [0.3, 0.4) is 0 Å². The number of fused-ring (bicyclic) bond motifs is 1. The summed E-state index contributed by atoms with van der Waals surface area (Å²) in [5.74, 6) is 0.665. The van der Waals surface area contributed by atoms with Gasteiger partial charge in [0.15, 0.2) is 0 Å². The molecule has 1 aliphatic carbocycles. The number of hydrogen-bond acceptors (Lipinski definition) is 1. The van der Waals surface area contributed by atoms with E-state index in [1.54, 1.807) is 12.1 Å². The molecule has 2 atom stereocenters. The summed E-state index contributed by atoms with van der Waals surface area (Å²) in [6, 6.07) is 7.09. The topological polar surface area (TPSA) is 12.0 Å². The van der Waals surface area contributed by atoms with E-state index in [0.717, 1.165) is 19.0 Å². The van der Waals surface area contributed by atoms with Gasteiger partial charge in [0.25, 0.3) is 0 Å². The van der Waals surface area contributed by atoms with Crippen molar-refractivity contribution in [1.29, 1.82) is 0 Å². The fourth-order valence-corrected chi connectivity index (χ4v) is 2.82. The molecule has 74 valence electrons. The van der Waals surface area contributed by atoms with Crippen molar-refractivity contribution in [2.24, 2.45) is 5.92 Å². The minimum Gasteiger partial charge on any atom is -0.316 e. The molecular weight excluding hydrogens is 177 g/mol. The van der Waals surface area contributed by atoms with Crippen LogP contribution < -0.4 is 5.32 Å². The van der Waals surface area contributed by atoms with Gasteiger partial charge in [0.05, 0.1) is 0 Å². The highest BCUT2D eigenvalue weighted by molar-refractivity contribution is 5.35. The fraction of sp³-hybridized carbons (Fsp3) is 0.500. The minimum absolute atomic E-state index is 0.128. The van der Waals surface area contributed by atoms with Crippen molar-refractivity contribution in [3.05, 3.63) is 35.6 Å². The largest absolute Gasteiger partial charge is 0.316 e. The van der Waals surface area contributed by atoms with Crippen LogP contribution in [0.25, 0.3) is 0 Å². The third kappa shape index (κ3) is 1.10. The summed E-state index contributed by atoms with van der Waals surface area (Å²) in [6.45, 7) is 2.24. The molecule has 1 saturated carbocycles. The molecule has 3 rings (SSSR count). The van der Waals surface area contributed by atoms with Crippen LogP contribution in [0.4, 0.5) is 4.39 Å². The Morgan fingerprint density at radius 2 is 2.07 bits per heavy atom. The Hall–Kier alpha value is -0.890. The highest BCUT2D eigenvalue weighted by atomic mass is 19.1. The molecule has 1 aliphatic heterocycles. The van der Waals surface area contributed by atoms with Gasteiger partial charge in [0, 0.05) is 5.41 Å². The molecule has 2 fully saturated rings. The first-order valence-electron chi connectivity index (χ1n) is 5.28. The van der Waals surface area contributed by atoms with Crippen LogP contribution >= 0.6 is 0 Å². The number of benzene rings is 1. The lowest BCUT2D eigenvalue weighted by Gasteiger charge is -2.23. The summed E-state index contributed by atoms with van der Waals surface area (Å²) in [7, 11) is 0. The summed E-state index contributed by atoms with van der Waals surface area (Å²) in [5.41, 5.74) is 1.74. The average molecular weight is 191 g/mol. The van der Waals surface area contributed by atoms with Gasteiger partial charge in [-0.1, -0.05) is 12.1 Å². The van der Waals surface area contributed by atoms with E-state index in [1.165, 1.54) is 18.4 Å². The highest BCUT2D eigenvalue weighted by Crippen LogP contribution is 2.57. The molecule has 1 heterocycles. The molecule has 1 saturated heterocycles. The maximum Gasteiger partial charge on any atom is 0.123 e. The number of hydrogen-bond donors (Lipinski definition) is 1. The summed E-state index contributed by atoms with van der Waals surface area (Å²) in [6.07, 6.45) is 2.49. The molecule has 0 spiro atoms. The van der Waals surface area contributed by atoms with Crippen molar-refractivity contribution in [2.45, 2.75) is 18.3 Å². The maximum absolute atomic E-state index is 12.8. The maximum atomic E-state index is 12.8. The van der Waals surface area contributed by atoms with Gasteiger partial charge in [-0.3, -0.25) is 0 Å². The monoisotopic (exact) mass is 191 g/mol. The summed E-state index contributed by atoms with van der Waals surface area (Å²) in [4.78, 5) is 0. The van der Waals surface area contributed by atoms with E-state index in [0.29, 0.717) is 5.41 Å². The van der Waals surface area contributed by atoms with Crippen LogP contribution in [0.2, 0.25) is 0 Å². The molecule has 1 aromatic carbocycles. The number of halogens is 1. The second kappa shape index (κ2) is 2.80. The van der Waals surface area contributed by atoms with Gasteiger partial charge in [0.2, 0.25) is 0 Å². The molecule has 0 unspecified atom stereocenters. The molecule has 1 nitrogen and oxygen atoms in total. The van der Waals surface area contributed by atoms with E-state index in [-0.39, 0.29) is 5.82 Å². The van der Waals surface area contributed by atoms with Crippen molar-refractivity contribution in [2.75, 3.05) is 13.1 Å². The minimum atomic E-state index is -0.128.